The number of methoxy groups -OCH3 is 1. The number of carbonyl (C=O) groups is 2. The van der Waals surface area contributed by atoms with Crippen molar-refractivity contribution in [2.45, 2.75) is 38.6 Å². The van der Waals surface area contributed by atoms with Crippen molar-refractivity contribution in [3.63, 3.8) is 0 Å². The van der Waals surface area contributed by atoms with Gasteiger partial charge >= 0.3 is 5.97 Å². The minimum Gasteiger partial charge on any atom is -0.497 e. The SMILES string of the molecule is CCOC(=O)CC(NC(=O)c1nn(-c2ccccc2F)c2c1CCC2)c1cccc(OC)c1. The van der Waals surface area contributed by atoms with Gasteiger partial charge in [0.25, 0.3) is 5.91 Å². The number of amides is 1. The molecule has 0 spiro atoms. The van der Waals surface area contributed by atoms with Gasteiger partial charge in [0.2, 0.25) is 0 Å². The van der Waals surface area contributed by atoms with Gasteiger partial charge in [0.05, 0.1) is 26.2 Å². The molecule has 0 radical (unpaired) electrons. The second-order valence-corrected chi connectivity index (χ2v) is 7.80. The molecule has 0 saturated carbocycles. The fourth-order valence-corrected chi connectivity index (χ4v) is 4.17. The number of esters is 1. The van der Waals surface area contributed by atoms with Crippen molar-refractivity contribution in [2.24, 2.45) is 0 Å². The Hall–Kier alpha value is -3.68. The number of nitrogens with one attached hydrogen (secondary N) is 1. The zero-order chi connectivity index (χ0) is 23.4. The fourth-order valence-electron chi connectivity index (χ4n) is 4.17. The lowest BCUT2D eigenvalue weighted by Gasteiger charge is -2.19. The second-order valence-electron chi connectivity index (χ2n) is 7.80. The van der Waals surface area contributed by atoms with Gasteiger partial charge < -0.3 is 14.8 Å². The van der Waals surface area contributed by atoms with Crippen molar-refractivity contribution < 1.29 is 23.5 Å². The quantitative estimate of drug-likeness (QED) is 0.525. The van der Waals surface area contributed by atoms with Gasteiger partial charge in [-0.1, -0.05) is 24.3 Å². The van der Waals surface area contributed by atoms with E-state index < -0.39 is 23.7 Å². The third kappa shape index (κ3) is 4.74. The number of fused-ring (bicyclic) bond motifs is 1. The molecule has 1 amide bonds. The maximum atomic E-state index is 14.4. The van der Waals surface area contributed by atoms with Gasteiger partial charge in [0.15, 0.2) is 5.69 Å². The molecule has 2 aromatic carbocycles. The van der Waals surface area contributed by atoms with Crippen LogP contribution in [0.5, 0.6) is 5.75 Å². The van der Waals surface area contributed by atoms with Gasteiger partial charge in [-0.15, -0.1) is 0 Å². The molecule has 0 saturated heterocycles. The van der Waals surface area contributed by atoms with Gasteiger partial charge in [-0.3, -0.25) is 9.59 Å². The van der Waals surface area contributed by atoms with E-state index in [2.05, 4.69) is 10.4 Å². The van der Waals surface area contributed by atoms with Crippen LogP contribution < -0.4 is 10.1 Å². The summed E-state index contributed by atoms with van der Waals surface area (Å²) in [5.74, 6) is -0.633. The van der Waals surface area contributed by atoms with Crippen LogP contribution in [0.2, 0.25) is 0 Å². The minimum absolute atomic E-state index is 0.0387. The van der Waals surface area contributed by atoms with Crippen molar-refractivity contribution in [1.82, 2.24) is 15.1 Å². The van der Waals surface area contributed by atoms with Gasteiger partial charge in [-0.2, -0.15) is 5.10 Å². The lowest BCUT2D eigenvalue weighted by atomic mass is 10.0. The molecular formula is C25H26FN3O4. The first-order valence-electron chi connectivity index (χ1n) is 11.0. The topological polar surface area (TPSA) is 82.5 Å². The molecule has 0 aliphatic heterocycles. The molecule has 1 aromatic heterocycles. The zero-order valence-corrected chi connectivity index (χ0v) is 18.6. The van der Waals surface area contributed by atoms with Crippen LogP contribution in [-0.2, 0) is 22.4 Å². The number of aromatic nitrogens is 2. The van der Waals surface area contributed by atoms with Crippen molar-refractivity contribution >= 4 is 11.9 Å². The number of para-hydroxylation sites is 1. The molecule has 33 heavy (non-hydrogen) atoms. The second kappa shape index (κ2) is 9.85. The van der Waals surface area contributed by atoms with E-state index in [1.165, 1.54) is 10.7 Å². The highest BCUT2D eigenvalue weighted by molar-refractivity contribution is 5.95. The fraction of sp³-hybridized carbons (Fsp3) is 0.320. The molecule has 1 aliphatic carbocycles. The predicted octanol–water partition coefficient (Wildman–Crippen LogP) is 3.93. The van der Waals surface area contributed by atoms with Crippen LogP contribution in [0.25, 0.3) is 5.69 Å². The number of benzene rings is 2. The molecule has 172 valence electrons. The zero-order valence-electron chi connectivity index (χ0n) is 18.6. The largest absolute Gasteiger partial charge is 0.497 e. The molecule has 3 aromatic rings. The molecule has 1 aliphatic rings. The van der Waals surface area contributed by atoms with Crippen LogP contribution in [0.3, 0.4) is 0 Å². The molecule has 1 unspecified atom stereocenters. The molecule has 1 atom stereocenters. The number of ether oxygens (including phenoxy) is 2. The number of halogens is 1. The summed E-state index contributed by atoms with van der Waals surface area (Å²) in [5, 5.41) is 7.42. The highest BCUT2D eigenvalue weighted by atomic mass is 19.1. The van der Waals surface area contributed by atoms with Gasteiger partial charge in [0, 0.05) is 11.3 Å². The molecule has 1 N–H and O–H groups in total. The summed E-state index contributed by atoms with van der Waals surface area (Å²) in [6, 6.07) is 12.9. The molecule has 1 heterocycles. The van der Waals surface area contributed by atoms with Crippen LogP contribution in [0, 0.1) is 5.82 Å². The number of hydrogen-bond acceptors (Lipinski definition) is 5. The number of rotatable bonds is 8. The van der Waals surface area contributed by atoms with E-state index in [1.807, 2.05) is 6.07 Å². The van der Waals surface area contributed by atoms with E-state index in [9.17, 15) is 14.0 Å². The number of hydrogen-bond donors (Lipinski definition) is 1. The Morgan fingerprint density at radius 3 is 2.76 bits per heavy atom. The molecule has 4 rings (SSSR count). The van der Waals surface area contributed by atoms with E-state index in [-0.39, 0.29) is 18.7 Å². The van der Waals surface area contributed by atoms with Crippen molar-refractivity contribution in [1.29, 1.82) is 0 Å². The smallest absolute Gasteiger partial charge is 0.308 e. The Morgan fingerprint density at radius 1 is 1.18 bits per heavy atom. The Kier molecular flexibility index (Phi) is 6.72. The normalized spacial score (nSPS) is 13.3. The van der Waals surface area contributed by atoms with Crippen molar-refractivity contribution in [3.8, 4) is 11.4 Å². The van der Waals surface area contributed by atoms with Crippen molar-refractivity contribution in [2.75, 3.05) is 13.7 Å². The summed E-state index contributed by atoms with van der Waals surface area (Å²) in [7, 11) is 1.55. The van der Waals surface area contributed by atoms with Crippen LogP contribution in [0.1, 0.15) is 53.1 Å². The van der Waals surface area contributed by atoms with E-state index in [0.717, 1.165) is 17.7 Å². The van der Waals surface area contributed by atoms with Crippen LogP contribution in [-0.4, -0.2) is 35.4 Å². The average Bonchev–Trinajstić information content (AvgIpc) is 3.42. The molecule has 0 bridgehead atoms. The third-order valence-electron chi connectivity index (χ3n) is 5.70. The lowest BCUT2D eigenvalue weighted by Crippen LogP contribution is -2.31. The Morgan fingerprint density at radius 2 is 2.00 bits per heavy atom. The van der Waals surface area contributed by atoms with Crippen LogP contribution in [0.15, 0.2) is 48.5 Å². The molecule has 7 nitrogen and oxygen atoms in total. The first-order valence-corrected chi connectivity index (χ1v) is 11.0. The monoisotopic (exact) mass is 451 g/mol. The summed E-state index contributed by atoms with van der Waals surface area (Å²) in [5.41, 5.74) is 2.93. The molecule has 0 fully saturated rings. The first-order chi connectivity index (χ1) is 16.0. The average molecular weight is 451 g/mol. The summed E-state index contributed by atoms with van der Waals surface area (Å²) in [6.45, 7) is 1.98. The highest BCUT2D eigenvalue weighted by Crippen LogP contribution is 2.30. The maximum Gasteiger partial charge on any atom is 0.308 e. The maximum absolute atomic E-state index is 14.4. The summed E-state index contributed by atoms with van der Waals surface area (Å²) in [4.78, 5) is 25.6. The van der Waals surface area contributed by atoms with E-state index in [1.54, 1.807) is 50.4 Å². The summed E-state index contributed by atoms with van der Waals surface area (Å²) >= 11 is 0. The summed E-state index contributed by atoms with van der Waals surface area (Å²) in [6.07, 6.45) is 2.23. The predicted molar refractivity (Wildman–Crippen MR) is 120 cm³/mol. The van der Waals surface area contributed by atoms with E-state index in [0.29, 0.717) is 29.8 Å². The van der Waals surface area contributed by atoms with Crippen molar-refractivity contribution in [3.05, 3.63) is 76.9 Å². The van der Waals surface area contributed by atoms with E-state index in [4.69, 9.17) is 9.47 Å². The Bertz CT molecular complexity index is 1170. The summed E-state index contributed by atoms with van der Waals surface area (Å²) < 4.78 is 26.4. The number of nitrogens with zero attached hydrogens (tertiary/aromatic N) is 2. The van der Waals surface area contributed by atoms with E-state index >= 15 is 0 Å². The minimum atomic E-state index is -0.637. The Balaban J connectivity index is 1.66. The highest BCUT2D eigenvalue weighted by Gasteiger charge is 2.29. The molecular weight excluding hydrogens is 425 g/mol. The van der Waals surface area contributed by atoms with Gasteiger partial charge in [-0.05, 0) is 56.0 Å². The first kappa shape index (κ1) is 22.5. The van der Waals surface area contributed by atoms with Crippen LogP contribution in [0.4, 0.5) is 4.39 Å². The van der Waals surface area contributed by atoms with Gasteiger partial charge in [0.1, 0.15) is 17.3 Å². The van der Waals surface area contributed by atoms with Crippen LogP contribution >= 0.6 is 0 Å². The number of carbonyl (C=O) groups excluding carboxylic acids is 2. The third-order valence-corrected chi connectivity index (χ3v) is 5.70. The Labute approximate surface area is 191 Å². The van der Waals surface area contributed by atoms with Gasteiger partial charge in [-0.25, -0.2) is 9.07 Å². The molecule has 8 heteroatoms. The standard InChI is InChI=1S/C25H26FN3O4/c1-3-33-23(30)15-20(16-8-6-9-17(14-16)32-2)27-25(31)24-18-10-7-13-21(18)29(28-24)22-12-5-4-11-19(22)26/h4-6,8-9,11-12,14,20H,3,7,10,13,15H2,1-2H3,(H,27,31). The lowest BCUT2D eigenvalue weighted by molar-refractivity contribution is -0.143.